The topological polar surface area (TPSA) is 24.1 Å². The molecule has 0 bridgehead atoms. The van der Waals surface area contributed by atoms with E-state index in [1.165, 1.54) is 82.3 Å². The van der Waals surface area contributed by atoms with Crippen molar-refractivity contribution >= 4 is 50.4 Å². The molecular weight excluding hydrogens is 520 g/mol. The van der Waals surface area contributed by atoms with Gasteiger partial charge < -0.3 is 10.6 Å². The SMILES string of the molecule is CCCCCc1ccc(Nc2ccc3c(c2)c2c(c4cc(Nc5ccc(CCCCC)cc5)ccc43)CC=CC=C2)cc1. The summed E-state index contributed by atoms with van der Waals surface area (Å²) in [5.74, 6) is 0. The minimum Gasteiger partial charge on any atom is -0.356 e. The number of aryl methyl sites for hydroxylation is 2. The maximum atomic E-state index is 3.67. The van der Waals surface area contributed by atoms with Gasteiger partial charge in [0, 0.05) is 22.7 Å². The van der Waals surface area contributed by atoms with Crippen LogP contribution in [0.4, 0.5) is 22.7 Å². The van der Waals surface area contributed by atoms with E-state index in [1.54, 1.807) is 0 Å². The third-order valence-corrected chi connectivity index (χ3v) is 8.73. The van der Waals surface area contributed by atoms with E-state index in [-0.39, 0.29) is 0 Å². The molecule has 1 aliphatic rings. The highest BCUT2D eigenvalue weighted by atomic mass is 14.9. The lowest BCUT2D eigenvalue weighted by Gasteiger charge is -2.17. The maximum Gasteiger partial charge on any atom is 0.0390 e. The van der Waals surface area contributed by atoms with Gasteiger partial charge in [-0.15, -0.1) is 0 Å². The van der Waals surface area contributed by atoms with Crippen molar-refractivity contribution in [2.45, 2.75) is 71.6 Å². The van der Waals surface area contributed by atoms with Gasteiger partial charge >= 0.3 is 0 Å². The first-order valence-corrected chi connectivity index (χ1v) is 16.3. The standard InChI is InChI=1S/C41H44N2/c1-3-5-8-12-30-16-20-32(21-17-30)42-34-24-26-38-39-27-25-35(43-33-22-18-31(19-23-33)13-9-6-4-2)29-41(39)37-15-11-7-10-14-36(37)40(38)28-34/h7,10-11,14,16-29,42-43H,3-6,8-9,12-13,15H2,1-2H3. The normalized spacial score (nSPS) is 12.4. The minimum atomic E-state index is 0.918. The Morgan fingerprint density at radius 1 is 0.512 bits per heavy atom. The number of hydrogen-bond acceptors (Lipinski definition) is 2. The van der Waals surface area contributed by atoms with Crippen LogP contribution in [0.2, 0.25) is 0 Å². The predicted octanol–water partition coefficient (Wildman–Crippen LogP) is 12.1. The van der Waals surface area contributed by atoms with Gasteiger partial charge in [-0.2, -0.15) is 0 Å². The summed E-state index contributed by atoms with van der Waals surface area (Å²) in [5.41, 5.74) is 10.0. The van der Waals surface area contributed by atoms with Gasteiger partial charge in [-0.3, -0.25) is 0 Å². The molecule has 0 saturated carbocycles. The molecule has 6 rings (SSSR count). The van der Waals surface area contributed by atoms with Crippen molar-refractivity contribution in [3.05, 3.63) is 125 Å². The monoisotopic (exact) mass is 564 g/mol. The van der Waals surface area contributed by atoms with E-state index >= 15 is 0 Å². The lowest BCUT2D eigenvalue weighted by Crippen LogP contribution is -1.97. The molecule has 2 nitrogen and oxygen atoms in total. The molecule has 2 heteroatoms. The molecule has 0 aliphatic heterocycles. The number of nitrogens with one attached hydrogen (secondary N) is 2. The molecule has 0 saturated heterocycles. The number of fused-ring (bicyclic) bond motifs is 6. The molecule has 0 amide bonds. The Labute approximate surface area is 257 Å². The first kappa shape index (κ1) is 28.8. The first-order chi connectivity index (χ1) is 21.2. The van der Waals surface area contributed by atoms with Crippen LogP contribution in [-0.4, -0.2) is 0 Å². The summed E-state index contributed by atoms with van der Waals surface area (Å²) in [6, 6.07) is 31.6. The Kier molecular flexibility index (Phi) is 9.23. The Balaban J connectivity index is 1.29. The number of benzene rings is 5. The smallest absolute Gasteiger partial charge is 0.0390 e. The number of allylic oxidation sites excluding steroid dienone is 3. The van der Waals surface area contributed by atoms with Gasteiger partial charge in [0.1, 0.15) is 0 Å². The van der Waals surface area contributed by atoms with Crippen LogP contribution in [0.1, 0.15) is 74.6 Å². The van der Waals surface area contributed by atoms with Crippen molar-refractivity contribution in [3.8, 4) is 0 Å². The maximum absolute atomic E-state index is 3.67. The molecule has 0 radical (unpaired) electrons. The second-order valence-corrected chi connectivity index (χ2v) is 12.0. The molecule has 43 heavy (non-hydrogen) atoms. The van der Waals surface area contributed by atoms with Crippen LogP contribution in [0.3, 0.4) is 0 Å². The van der Waals surface area contributed by atoms with E-state index in [2.05, 4.69) is 134 Å². The molecule has 0 fully saturated rings. The summed E-state index contributed by atoms with van der Waals surface area (Å²) in [6.45, 7) is 4.52. The van der Waals surface area contributed by atoms with Gasteiger partial charge in [0.2, 0.25) is 0 Å². The fraction of sp³-hybridized carbons (Fsp3) is 0.268. The lowest BCUT2D eigenvalue weighted by molar-refractivity contribution is 0.717. The summed E-state index contributed by atoms with van der Waals surface area (Å²) in [7, 11) is 0. The molecule has 0 atom stereocenters. The van der Waals surface area contributed by atoms with Crippen molar-refractivity contribution in [1.82, 2.24) is 0 Å². The van der Waals surface area contributed by atoms with Gasteiger partial charge in [-0.25, -0.2) is 0 Å². The predicted molar refractivity (Wildman–Crippen MR) is 189 cm³/mol. The molecule has 0 aromatic heterocycles. The second kappa shape index (κ2) is 13.8. The molecule has 5 aromatic rings. The van der Waals surface area contributed by atoms with E-state index in [4.69, 9.17) is 0 Å². The van der Waals surface area contributed by atoms with Gasteiger partial charge in [-0.1, -0.05) is 100 Å². The average molecular weight is 565 g/mol. The summed E-state index contributed by atoms with van der Waals surface area (Å²) >= 11 is 0. The van der Waals surface area contributed by atoms with Crippen LogP contribution in [-0.2, 0) is 19.3 Å². The summed E-state index contributed by atoms with van der Waals surface area (Å²) < 4.78 is 0. The Bertz CT molecular complexity index is 1740. The van der Waals surface area contributed by atoms with E-state index in [0.717, 1.165) is 42.0 Å². The third-order valence-electron chi connectivity index (χ3n) is 8.73. The van der Waals surface area contributed by atoms with Crippen LogP contribution < -0.4 is 10.6 Å². The molecule has 0 spiro atoms. The number of unbranched alkanes of at least 4 members (excludes halogenated alkanes) is 4. The molecule has 0 unspecified atom stereocenters. The van der Waals surface area contributed by atoms with E-state index in [1.807, 2.05) is 0 Å². The van der Waals surface area contributed by atoms with Crippen LogP contribution in [0, 0.1) is 0 Å². The quantitative estimate of drug-likeness (QED) is 0.116. The molecule has 1 aliphatic carbocycles. The number of rotatable bonds is 12. The van der Waals surface area contributed by atoms with Crippen molar-refractivity contribution in [1.29, 1.82) is 0 Å². The highest BCUT2D eigenvalue weighted by Crippen LogP contribution is 2.38. The van der Waals surface area contributed by atoms with Crippen molar-refractivity contribution in [3.63, 3.8) is 0 Å². The highest BCUT2D eigenvalue weighted by molar-refractivity contribution is 6.14. The van der Waals surface area contributed by atoms with Gasteiger partial charge in [0.25, 0.3) is 0 Å². The zero-order valence-electron chi connectivity index (χ0n) is 25.8. The van der Waals surface area contributed by atoms with Gasteiger partial charge in [0.15, 0.2) is 0 Å². The zero-order valence-corrected chi connectivity index (χ0v) is 25.8. The third kappa shape index (κ3) is 6.86. The first-order valence-electron chi connectivity index (χ1n) is 16.3. The summed E-state index contributed by atoms with van der Waals surface area (Å²) in [6.07, 6.45) is 19.8. The molecule has 0 heterocycles. The van der Waals surface area contributed by atoms with Gasteiger partial charge in [0.05, 0.1) is 0 Å². The number of hydrogen-bond donors (Lipinski definition) is 2. The zero-order chi connectivity index (χ0) is 29.4. The Morgan fingerprint density at radius 3 is 1.58 bits per heavy atom. The Hall–Kier alpha value is -4.30. The molecule has 2 N–H and O–H groups in total. The fourth-order valence-corrected chi connectivity index (χ4v) is 6.32. The van der Waals surface area contributed by atoms with Crippen molar-refractivity contribution in [2.75, 3.05) is 10.6 Å². The minimum absolute atomic E-state index is 0.918. The van der Waals surface area contributed by atoms with E-state index < -0.39 is 0 Å². The fourth-order valence-electron chi connectivity index (χ4n) is 6.32. The molecule has 218 valence electrons. The van der Waals surface area contributed by atoms with Gasteiger partial charge in [-0.05, 0) is 124 Å². The van der Waals surface area contributed by atoms with Crippen LogP contribution in [0.5, 0.6) is 0 Å². The van der Waals surface area contributed by atoms with Crippen LogP contribution in [0.15, 0.2) is 103 Å². The summed E-state index contributed by atoms with van der Waals surface area (Å²) in [5, 5.41) is 12.5. The molecular formula is C41H44N2. The number of anilines is 4. The van der Waals surface area contributed by atoms with Crippen molar-refractivity contribution in [2.24, 2.45) is 0 Å². The molecule has 5 aromatic carbocycles. The second-order valence-electron chi connectivity index (χ2n) is 12.0. The van der Waals surface area contributed by atoms with Crippen LogP contribution in [0.25, 0.3) is 27.6 Å². The summed E-state index contributed by atoms with van der Waals surface area (Å²) in [4.78, 5) is 0. The van der Waals surface area contributed by atoms with E-state index in [9.17, 15) is 0 Å². The highest BCUT2D eigenvalue weighted by Gasteiger charge is 2.15. The van der Waals surface area contributed by atoms with E-state index in [0.29, 0.717) is 0 Å². The van der Waals surface area contributed by atoms with Crippen LogP contribution >= 0.6 is 0 Å². The Morgan fingerprint density at radius 2 is 1.02 bits per heavy atom. The lowest BCUT2D eigenvalue weighted by atomic mass is 9.89. The largest absolute Gasteiger partial charge is 0.356 e. The average Bonchev–Trinajstić information content (AvgIpc) is 3.30. The van der Waals surface area contributed by atoms with Crippen molar-refractivity contribution < 1.29 is 0 Å².